The van der Waals surface area contributed by atoms with E-state index in [0.29, 0.717) is 12.1 Å². The van der Waals surface area contributed by atoms with Gasteiger partial charge in [-0.15, -0.1) is 0 Å². The summed E-state index contributed by atoms with van der Waals surface area (Å²) in [5.41, 5.74) is 1.74. The highest BCUT2D eigenvalue weighted by atomic mass is 16.5. The van der Waals surface area contributed by atoms with Crippen molar-refractivity contribution in [3.8, 4) is 0 Å². The number of carbonyl (C=O) groups excluding carboxylic acids is 2. The Bertz CT molecular complexity index is 629. The summed E-state index contributed by atoms with van der Waals surface area (Å²) < 4.78 is 4.71. The van der Waals surface area contributed by atoms with E-state index >= 15 is 0 Å². The number of nitrogens with one attached hydrogen (secondary N) is 2. The molecule has 120 valence electrons. The molecule has 0 heterocycles. The van der Waals surface area contributed by atoms with Gasteiger partial charge in [-0.2, -0.15) is 0 Å². The molecule has 5 heteroatoms. The SMILES string of the molecule is COC(=O)C[C@@H](Cc1ccccc1)NC(=O)Nc1ccccc1. The van der Waals surface area contributed by atoms with E-state index in [9.17, 15) is 9.59 Å². The first-order chi connectivity index (χ1) is 11.2. The number of methoxy groups -OCH3 is 1. The second kappa shape index (κ2) is 8.58. The van der Waals surface area contributed by atoms with Gasteiger partial charge in [0, 0.05) is 11.7 Å². The van der Waals surface area contributed by atoms with E-state index in [1.165, 1.54) is 7.11 Å². The molecule has 0 bridgehead atoms. The van der Waals surface area contributed by atoms with Crippen LogP contribution in [0.1, 0.15) is 12.0 Å². The molecule has 0 aliphatic rings. The molecule has 0 aromatic heterocycles. The van der Waals surface area contributed by atoms with Crippen LogP contribution >= 0.6 is 0 Å². The molecule has 0 fully saturated rings. The molecular formula is C18H20N2O3. The van der Waals surface area contributed by atoms with E-state index in [1.54, 1.807) is 12.1 Å². The number of amides is 2. The monoisotopic (exact) mass is 312 g/mol. The summed E-state index contributed by atoms with van der Waals surface area (Å²) in [5, 5.41) is 5.58. The summed E-state index contributed by atoms with van der Waals surface area (Å²) in [7, 11) is 1.34. The van der Waals surface area contributed by atoms with E-state index in [1.807, 2.05) is 48.5 Å². The van der Waals surface area contributed by atoms with Gasteiger partial charge in [-0.25, -0.2) is 4.79 Å². The third kappa shape index (κ3) is 5.82. The van der Waals surface area contributed by atoms with Crippen LogP contribution in [-0.4, -0.2) is 25.2 Å². The van der Waals surface area contributed by atoms with Crippen LogP contribution in [0, 0.1) is 0 Å². The standard InChI is InChI=1S/C18H20N2O3/c1-23-17(21)13-16(12-14-8-4-2-5-9-14)20-18(22)19-15-10-6-3-7-11-15/h2-11,16H,12-13H2,1H3,(H2,19,20,22)/t16-/m1/s1. The summed E-state index contributed by atoms with van der Waals surface area (Å²) in [6, 6.07) is 18.2. The lowest BCUT2D eigenvalue weighted by atomic mass is 10.0. The maximum Gasteiger partial charge on any atom is 0.319 e. The summed E-state index contributed by atoms with van der Waals surface area (Å²) in [6.45, 7) is 0. The number of anilines is 1. The van der Waals surface area contributed by atoms with Crippen LogP contribution in [0.3, 0.4) is 0 Å². The molecule has 5 nitrogen and oxygen atoms in total. The van der Waals surface area contributed by atoms with Gasteiger partial charge in [0.25, 0.3) is 0 Å². The second-order valence-corrected chi connectivity index (χ2v) is 5.13. The molecule has 2 N–H and O–H groups in total. The fourth-order valence-electron chi connectivity index (χ4n) is 2.23. The molecule has 1 atom stereocenters. The van der Waals surface area contributed by atoms with Crippen molar-refractivity contribution < 1.29 is 14.3 Å². The molecule has 2 rings (SSSR count). The maximum atomic E-state index is 12.1. The lowest BCUT2D eigenvalue weighted by Gasteiger charge is -2.18. The third-order valence-electron chi connectivity index (χ3n) is 3.33. The largest absolute Gasteiger partial charge is 0.469 e. The van der Waals surface area contributed by atoms with Gasteiger partial charge in [-0.1, -0.05) is 48.5 Å². The van der Waals surface area contributed by atoms with Crippen molar-refractivity contribution in [1.82, 2.24) is 5.32 Å². The first-order valence-electron chi connectivity index (χ1n) is 7.40. The molecule has 2 amide bonds. The molecule has 0 saturated carbocycles. The van der Waals surface area contributed by atoms with Gasteiger partial charge in [-0.05, 0) is 24.1 Å². The molecule has 0 aliphatic carbocycles. The van der Waals surface area contributed by atoms with Gasteiger partial charge >= 0.3 is 12.0 Å². The van der Waals surface area contributed by atoms with Crippen molar-refractivity contribution in [2.75, 3.05) is 12.4 Å². The zero-order chi connectivity index (χ0) is 16.5. The highest BCUT2D eigenvalue weighted by molar-refractivity contribution is 5.89. The van der Waals surface area contributed by atoms with Crippen molar-refractivity contribution in [2.45, 2.75) is 18.9 Å². The van der Waals surface area contributed by atoms with Crippen LogP contribution in [-0.2, 0) is 16.0 Å². The third-order valence-corrected chi connectivity index (χ3v) is 3.33. The lowest BCUT2D eigenvalue weighted by Crippen LogP contribution is -2.40. The van der Waals surface area contributed by atoms with Crippen LogP contribution in [0.25, 0.3) is 0 Å². The topological polar surface area (TPSA) is 67.4 Å². The van der Waals surface area contributed by atoms with E-state index in [2.05, 4.69) is 10.6 Å². The average molecular weight is 312 g/mol. The van der Waals surface area contributed by atoms with E-state index < -0.39 is 0 Å². The number of rotatable bonds is 6. The number of esters is 1. The van der Waals surface area contributed by atoms with Crippen LogP contribution in [0.4, 0.5) is 10.5 Å². The Labute approximate surface area is 135 Å². The zero-order valence-corrected chi connectivity index (χ0v) is 13.0. The number of hydrogen-bond donors (Lipinski definition) is 2. The van der Waals surface area contributed by atoms with Crippen molar-refractivity contribution >= 4 is 17.7 Å². The first kappa shape index (κ1) is 16.5. The molecule has 0 aliphatic heterocycles. The Morgan fingerprint density at radius 3 is 2.22 bits per heavy atom. The van der Waals surface area contributed by atoms with Crippen molar-refractivity contribution in [2.24, 2.45) is 0 Å². The molecule has 0 unspecified atom stereocenters. The lowest BCUT2D eigenvalue weighted by molar-refractivity contribution is -0.141. The van der Waals surface area contributed by atoms with Gasteiger partial charge < -0.3 is 15.4 Å². The van der Waals surface area contributed by atoms with Crippen LogP contribution < -0.4 is 10.6 Å². The van der Waals surface area contributed by atoms with Gasteiger partial charge in [0.05, 0.1) is 13.5 Å². The number of benzene rings is 2. The van der Waals surface area contributed by atoms with Crippen LogP contribution in [0.5, 0.6) is 0 Å². The second-order valence-electron chi connectivity index (χ2n) is 5.13. The van der Waals surface area contributed by atoms with Crippen molar-refractivity contribution in [1.29, 1.82) is 0 Å². The van der Waals surface area contributed by atoms with Gasteiger partial charge in [0.15, 0.2) is 0 Å². The molecule has 0 spiro atoms. The predicted octanol–water partition coefficient (Wildman–Crippen LogP) is 2.98. The maximum absolute atomic E-state index is 12.1. The highest BCUT2D eigenvalue weighted by Crippen LogP contribution is 2.08. The summed E-state index contributed by atoms with van der Waals surface area (Å²) >= 11 is 0. The van der Waals surface area contributed by atoms with Gasteiger partial charge in [0.1, 0.15) is 0 Å². The number of carbonyl (C=O) groups is 2. The van der Waals surface area contributed by atoms with Crippen LogP contribution in [0.2, 0.25) is 0 Å². The highest BCUT2D eigenvalue weighted by Gasteiger charge is 2.17. The summed E-state index contributed by atoms with van der Waals surface area (Å²) in [5.74, 6) is -0.356. The fourth-order valence-corrected chi connectivity index (χ4v) is 2.23. The summed E-state index contributed by atoms with van der Waals surface area (Å²) in [6.07, 6.45) is 0.672. The molecule has 0 saturated heterocycles. The molecule has 2 aromatic rings. The summed E-state index contributed by atoms with van der Waals surface area (Å²) in [4.78, 5) is 23.7. The Hall–Kier alpha value is -2.82. The Morgan fingerprint density at radius 2 is 1.61 bits per heavy atom. The minimum Gasteiger partial charge on any atom is -0.469 e. The van der Waals surface area contributed by atoms with E-state index in [4.69, 9.17) is 4.74 Å². The van der Waals surface area contributed by atoms with Gasteiger partial charge in [-0.3, -0.25) is 4.79 Å². The molecular weight excluding hydrogens is 292 g/mol. The van der Waals surface area contributed by atoms with E-state index in [-0.39, 0.29) is 24.5 Å². The number of urea groups is 1. The zero-order valence-electron chi connectivity index (χ0n) is 13.0. The predicted molar refractivity (Wildman–Crippen MR) is 89.2 cm³/mol. The van der Waals surface area contributed by atoms with Crippen molar-refractivity contribution in [3.63, 3.8) is 0 Å². The van der Waals surface area contributed by atoms with Crippen molar-refractivity contribution in [3.05, 3.63) is 66.2 Å². The molecule has 0 radical (unpaired) electrons. The Kier molecular flexibility index (Phi) is 6.17. The molecule has 23 heavy (non-hydrogen) atoms. The smallest absolute Gasteiger partial charge is 0.319 e. The number of ether oxygens (including phenoxy) is 1. The molecule has 2 aromatic carbocycles. The quantitative estimate of drug-likeness (QED) is 0.806. The van der Waals surface area contributed by atoms with E-state index in [0.717, 1.165) is 5.56 Å². The fraction of sp³-hybridized carbons (Fsp3) is 0.222. The van der Waals surface area contributed by atoms with Crippen LogP contribution in [0.15, 0.2) is 60.7 Å². The Morgan fingerprint density at radius 1 is 1.00 bits per heavy atom. The van der Waals surface area contributed by atoms with Gasteiger partial charge in [0.2, 0.25) is 0 Å². The minimum absolute atomic E-state index is 0.119. The normalized spacial score (nSPS) is 11.3. The minimum atomic E-state index is -0.356. The first-order valence-corrected chi connectivity index (χ1v) is 7.40. The Balaban J connectivity index is 1.98. The average Bonchev–Trinajstić information content (AvgIpc) is 2.56. The number of hydrogen-bond acceptors (Lipinski definition) is 3. The number of para-hydroxylation sites is 1.